The van der Waals surface area contributed by atoms with Crippen LogP contribution < -0.4 is 10.0 Å². The molecule has 0 spiro atoms. The lowest BCUT2D eigenvalue weighted by atomic mass is 10.1. The first kappa shape index (κ1) is 18.8. The van der Waals surface area contributed by atoms with Gasteiger partial charge in [-0.1, -0.05) is 18.2 Å². The number of hydrogen-bond donors (Lipinski definition) is 1. The number of anilines is 1. The second-order valence-electron chi connectivity index (χ2n) is 6.35. The van der Waals surface area contributed by atoms with E-state index in [1.54, 1.807) is 31.3 Å². The second kappa shape index (κ2) is 7.12. The number of likely N-dealkylation sites (N-methyl/N-ethyl adjacent to an activating group) is 1. The first-order valence-electron chi connectivity index (χ1n) is 8.56. The fraction of sp³-hybridized carbons (Fsp3) is 0.0500. The number of furan rings is 1. The molecule has 3 aromatic rings. The number of nitrogens with two attached hydrogens (primary N) is 1. The van der Waals surface area contributed by atoms with Gasteiger partial charge in [0.25, 0.3) is 5.91 Å². The molecule has 0 fully saturated rings. The molecule has 0 unspecified atom stereocenters. The number of nitrogens with zero attached hydrogens (tertiary/aromatic N) is 3. The minimum Gasteiger partial charge on any atom is -0.455 e. The van der Waals surface area contributed by atoms with Crippen LogP contribution in [0, 0.1) is 0 Å². The van der Waals surface area contributed by atoms with Crippen molar-refractivity contribution < 1.29 is 17.6 Å². The molecule has 9 heteroatoms. The van der Waals surface area contributed by atoms with E-state index < -0.39 is 10.0 Å². The fourth-order valence-corrected chi connectivity index (χ4v) is 3.49. The van der Waals surface area contributed by atoms with Gasteiger partial charge in [-0.25, -0.2) is 13.6 Å². The summed E-state index contributed by atoms with van der Waals surface area (Å²) in [7, 11) is -2.06. The van der Waals surface area contributed by atoms with Gasteiger partial charge in [0.05, 0.1) is 16.8 Å². The molecule has 8 nitrogen and oxygen atoms in total. The maximum atomic E-state index is 12.3. The third kappa shape index (κ3) is 3.60. The Bertz CT molecular complexity index is 1260. The van der Waals surface area contributed by atoms with Gasteiger partial charge in [-0.2, -0.15) is 5.10 Å². The maximum Gasteiger partial charge on any atom is 0.279 e. The SMILES string of the molecule is CN1C(=O)/C(=N/N=C\c2ccc(-c3ccc(S(N)(=O)=O)cc3)o2)c2ccccc21. The molecule has 2 N–H and O–H groups in total. The summed E-state index contributed by atoms with van der Waals surface area (Å²) >= 11 is 0. The van der Waals surface area contributed by atoms with Crippen LogP contribution in [0.3, 0.4) is 0 Å². The van der Waals surface area contributed by atoms with E-state index in [0.29, 0.717) is 17.1 Å². The van der Waals surface area contributed by atoms with Crippen molar-refractivity contribution in [2.75, 3.05) is 11.9 Å². The van der Waals surface area contributed by atoms with Gasteiger partial charge < -0.3 is 9.32 Å². The molecule has 0 bridgehead atoms. The van der Waals surface area contributed by atoms with E-state index in [1.807, 2.05) is 24.3 Å². The highest BCUT2D eigenvalue weighted by Crippen LogP contribution is 2.27. The van der Waals surface area contributed by atoms with Crippen LogP contribution in [0.2, 0.25) is 0 Å². The Kier molecular flexibility index (Phi) is 4.61. The summed E-state index contributed by atoms with van der Waals surface area (Å²) in [6, 6.07) is 16.8. The average Bonchev–Trinajstić information content (AvgIpc) is 3.27. The summed E-state index contributed by atoms with van der Waals surface area (Å²) in [6.45, 7) is 0. The molecule has 1 aliphatic rings. The summed E-state index contributed by atoms with van der Waals surface area (Å²) in [5.41, 5.74) is 2.47. The number of primary sulfonamides is 1. The highest BCUT2D eigenvalue weighted by Gasteiger charge is 2.31. The van der Waals surface area contributed by atoms with Gasteiger partial charge in [0.1, 0.15) is 11.5 Å². The fourth-order valence-electron chi connectivity index (χ4n) is 2.98. The van der Waals surface area contributed by atoms with Gasteiger partial charge in [0, 0.05) is 18.2 Å². The van der Waals surface area contributed by atoms with Crippen LogP contribution >= 0.6 is 0 Å². The number of carbonyl (C=O) groups is 1. The zero-order valence-corrected chi connectivity index (χ0v) is 16.1. The molecule has 0 aliphatic carbocycles. The third-order valence-electron chi connectivity index (χ3n) is 4.46. The summed E-state index contributed by atoms with van der Waals surface area (Å²) in [5, 5.41) is 13.1. The number of carbonyl (C=O) groups excluding carboxylic acids is 1. The van der Waals surface area contributed by atoms with Gasteiger partial charge in [-0.05, 0) is 42.5 Å². The zero-order valence-electron chi connectivity index (χ0n) is 15.3. The summed E-state index contributed by atoms with van der Waals surface area (Å²) in [6.07, 6.45) is 1.41. The number of rotatable bonds is 4. The molecule has 4 rings (SSSR count). The number of amides is 1. The van der Waals surface area contributed by atoms with Crippen LogP contribution in [0.15, 0.2) is 80.2 Å². The summed E-state index contributed by atoms with van der Waals surface area (Å²) in [5.74, 6) is 0.743. The van der Waals surface area contributed by atoms with Crippen LogP contribution in [-0.2, 0) is 14.8 Å². The Morgan fingerprint density at radius 1 is 1.03 bits per heavy atom. The van der Waals surface area contributed by atoms with Crippen molar-refractivity contribution in [2.45, 2.75) is 4.90 Å². The molecule has 29 heavy (non-hydrogen) atoms. The topological polar surface area (TPSA) is 118 Å². The monoisotopic (exact) mass is 408 g/mol. The Balaban J connectivity index is 1.55. The second-order valence-corrected chi connectivity index (χ2v) is 7.91. The van der Waals surface area contributed by atoms with Gasteiger partial charge in [0.15, 0.2) is 5.71 Å². The first-order valence-corrected chi connectivity index (χ1v) is 10.1. The lowest BCUT2D eigenvalue weighted by Gasteiger charge is -2.07. The van der Waals surface area contributed by atoms with Crippen molar-refractivity contribution in [1.29, 1.82) is 0 Å². The molecule has 2 aromatic carbocycles. The van der Waals surface area contributed by atoms with E-state index in [1.165, 1.54) is 23.2 Å². The molecule has 146 valence electrons. The van der Waals surface area contributed by atoms with Crippen molar-refractivity contribution in [2.24, 2.45) is 15.3 Å². The molecule has 2 heterocycles. The number of sulfonamides is 1. The third-order valence-corrected chi connectivity index (χ3v) is 5.39. The molecule has 1 aliphatic heterocycles. The van der Waals surface area contributed by atoms with Crippen LogP contribution in [0.4, 0.5) is 5.69 Å². The molecule has 0 saturated heterocycles. The Labute approximate surface area is 167 Å². The number of benzene rings is 2. The molecule has 0 radical (unpaired) electrons. The predicted octanol–water partition coefficient (Wildman–Crippen LogP) is 2.39. The van der Waals surface area contributed by atoms with Crippen molar-refractivity contribution >= 4 is 33.5 Å². The smallest absolute Gasteiger partial charge is 0.279 e. The number of para-hydroxylation sites is 1. The van der Waals surface area contributed by atoms with Crippen molar-refractivity contribution in [3.8, 4) is 11.3 Å². The highest BCUT2D eigenvalue weighted by molar-refractivity contribution is 7.89. The quantitative estimate of drug-likeness (QED) is 0.527. The van der Waals surface area contributed by atoms with E-state index >= 15 is 0 Å². The largest absolute Gasteiger partial charge is 0.455 e. The van der Waals surface area contributed by atoms with Gasteiger partial charge in [0.2, 0.25) is 10.0 Å². The van der Waals surface area contributed by atoms with Crippen molar-refractivity contribution in [3.05, 3.63) is 72.0 Å². The minimum absolute atomic E-state index is 0.0249. The van der Waals surface area contributed by atoms with E-state index in [0.717, 1.165) is 11.3 Å². The Hall–Kier alpha value is -3.56. The van der Waals surface area contributed by atoms with Gasteiger partial charge >= 0.3 is 0 Å². The molecule has 0 saturated carbocycles. The normalized spacial score (nSPS) is 15.4. The summed E-state index contributed by atoms with van der Waals surface area (Å²) in [4.78, 5) is 13.9. The van der Waals surface area contributed by atoms with Crippen molar-refractivity contribution in [1.82, 2.24) is 0 Å². The molecular weight excluding hydrogens is 392 g/mol. The van der Waals surface area contributed by atoms with Crippen LogP contribution in [0.5, 0.6) is 0 Å². The zero-order chi connectivity index (χ0) is 20.6. The van der Waals surface area contributed by atoms with E-state index in [-0.39, 0.29) is 16.5 Å². The van der Waals surface area contributed by atoms with Crippen LogP contribution in [0.25, 0.3) is 11.3 Å². The van der Waals surface area contributed by atoms with Crippen LogP contribution in [-0.4, -0.2) is 33.3 Å². The van der Waals surface area contributed by atoms with Crippen molar-refractivity contribution in [3.63, 3.8) is 0 Å². The first-order chi connectivity index (χ1) is 13.8. The van der Waals surface area contributed by atoms with E-state index in [2.05, 4.69) is 10.2 Å². The van der Waals surface area contributed by atoms with Gasteiger partial charge in [-0.15, -0.1) is 5.10 Å². The van der Waals surface area contributed by atoms with Crippen LogP contribution in [0.1, 0.15) is 11.3 Å². The molecule has 1 aromatic heterocycles. The maximum absolute atomic E-state index is 12.3. The Morgan fingerprint density at radius 2 is 1.76 bits per heavy atom. The lowest BCUT2D eigenvalue weighted by molar-refractivity contribution is -0.111. The van der Waals surface area contributed by atoms with Gasteiger partial charge in [-0.3, -0.25) is 4.79 Å². The molecular formula is C20H16N4O4S. The predicted molar refractivity (Wildman–Crippen MR) is 110 cm³/mol. The summed E-state index contributed by atoms with van der Waals surface area (Å²) < 4.78 is 28.3. The minimum atomic E-state index is -3.74. The standard InChI is InChI=1S/C20H16N4O4S/c1-24-17-5-3-2-4-16(17)19(20(24)25)23-22-12-14-8-11-18(28-14)13-6-9-15(10-7-13)29(21,26)27/h2-12H,1H3,(H2,21,26,27)/b22-12-,23-19+. The molecule has 1 amide bonds. The van der Waals surface area contributed by atoms with E-state index in [4.69, 9.17) is 9.56 Å². The number of hydrogen-bond acceptors (Lipinski definition) is 6. The number of fused-ring (bicyclic) bond motifs is 1. The lowest BCUT2D eigenvalue weighted by Crippen LogP contribution is -2.25. The van der Waals surface area contributed by atoms with E-state index in [9.17, 15) is 13.2 Å². The Morgan fingerprint density at radius 3 is 2.48 bits per heavy atom. The average molecular weight is 408 g/mol. The molecule has 0 atom stereocenters. The highest BCUT2D eigenvalue weighted by atomic mass is 32.2.